The molecule has 0 spiro atoms. The molecular weight excluding hydrogens is 266 g/mol. The summed E-state index contributed by atoms with van der Waals surface area (Å²) in [6.07, 6.45) is 3.16. The van der Waals surface area contributed by atoms with Gasteiger partial charge in [-0.25, -0.2) is 4.98 Å². The van der Waals surface area contributed by atoms with E-state index in [9.17, 15) is 4.79 Å². The van der Waals surface area contributed by atoms with Crippen molar-refractivity contribution in [1.82, 2.24) is 14.9 Å². The van der Waals surface area contributed by atoms with E-state index in [1.165, 1.54) is 0 Å². The molecule has 1 aliphatic rings. The summed E-state index contributed by atoms with van der Waals surface area (Å²) in [5, 5.41) is 2.94. The summed E-state index contributed by atoms with van der Waals surface area (Å²) < 4.78 is 7.59. The van der Waals surface area contributed by atoms with Crippen LogP contribution in [0.4, 0.5) is 0 Å². The zero-order valence-corrected chi connectivity index (χ0v) is 12.6. The van der Waals surface area contributed by atoms with Gasteiger partial charge in [0.05, 0.1) is 17.1 Å². The second-order valence-electron chi connectivity index (χ2n) is 5.49. The minimum Gasteiger partial charge on any atom is -0.376 e. The first-order valence-electron chi connectivity index (χ1n) is 7.54. The molecule has 1 N–H and O–H groups in total. The van der Waals surface area contributed by atoms with E-state index < -0.39 is 0 Å². The molecule has 1 aliphatic heterocycles. The third-order valence-corrected chi connectivity index (χ3v) is 4.07. The Balaban J connectivity index is 1.75. The monoisotopic (exact) mass is 287 g/mol. The third kappa shape index (κ3) is 2.78. The third-order valence-electron chi connectivity index (χ3n) is 4.07. The molecular formula is C16H21N3O2. The van der Waals surface area contributed by atoms with Crippen molar-refractivity contribution in [2.24, 2.45) is 7.05 Å². The van der Waals surface area contributed by atoms with E-state index in [-0.39, 0.29) is 12.0 Å². The molecule has 2 heterocycles. The predicted molar refractivity (Wildman–Crippen MR) is 81.4 cm³/mol. The number of hydrogen-bond acceptors (Lipinski definition) is 3. The number of fused-ring (bicyclic) bond motifs is 1. The highest BCUT2D eigenvalue weighted by Crippen LogP contribution is 2.17. The molecule has 1 aromatic carbocycles. The molecule has 1 atom stereocenters. The van der Waals surface area contributed by atoms with Crippen molar-refractivity contribution in [2.75, 3.05) is 13.2 Å². The summed E-state index contributed by atoms with van der Waals surface area (Å²) in [7, 11) is 2.01. The Morgan fingerprint density at radius 2 is 2.38 bits per heavy atom. The van der Waals surface area contributed by atoms with Crippen LogP contribution in [0.5, 0.6) is 0 Å². The molecule has 21 heavy (non-hydrogen) atoms. The molecule has 2 aromatic rings. The van der Waals surface area contributed by atoms with Crippen molar-refractivity contribution in [3.8, 4) is 0 Å². The minimum absolute atomic E-state index is 0.0592. The first-order valence-corrected chi connectivity index (χ1v) is 7.54. The number of nitrogens with one attached hydrogen (secondary N) is 1. The number of aryl methyl sites for hydroxylation is 2. The van der Waals surface area contributed by atoms with Crippen LogP contribution in [0, 0.1) is 0 Å². The van der Waals surface area contributed by atoms with E-state index >= 15 is 0 Å². The van der Waals surface area contributed by atoms with Crippen LogP contribution in [-0.4, -0.2) is 34.7 Å². The maximum Gasteiger partial charge on any atom is 0.251 e. The van der Waals surface area contributed by atoms with E-state index in [1.807, 2.05) is 25.2 Å². The molecule has 5 nitrogen and oxygen atoms in total. The lowest BCUT2D eigenvalue weighted by molar-refractivity contribution is 0.0858. The largest absolute Gasteiger partial charge is 0.376 e. The molecule has 1 saturated heterocycles. The van der Waals surface area contributed by atoms with Crippen LogP contribution in [-0.2, 0) is 18.2 Å². The average Bonchev–Trinajstić information content (AvgIpc) is 3.12. The number of nitrogens with zero attached hydrogens (tertiary/aromatic N) is 2. The fraction of sp³-hybridized carbons (Fsp3) is 0.500. The molecule has 112 valence electrons. The molecule has 5 heteroatoms. The van der Waals surface area contributed by atoms with Crippen LogP contribution in [0.15, 0.2) is 18.2 Å². The number of amides is 1. The summed E-state index contributed by atoms with van der Waals surface area (Å²) >= 11 is 0. The van der Waals surface area contributed by atoms with Gasteiger partial charge in [0.2, 0.25) is 0 Å². The topological polar surface area (TPSA) is 56.1 Å². The van der Waals surface area contributed by atoms with Gasteiger partial charge in [-0.15, -0.1) is 0 Å². The van der Waals surface area contributed by atoms with Crippen LogP contribution in [0.25, 0.3) is 11.0 Å². The highest BCUT2D eigenvalue weighted by Gasteiger charge is 2.17. The van der Waals surface area contributed by atoms with Crippen molar-refractivity contribution in [1.29, 1.82) is 0 Å². The first-order chi connectivity index (χ1) is 10.2. The smallest absolute Gasteiger partial charge is 0.251 e. The second kappa shape index (κ2) is 5.85. The summed E-state index contributed by atoms with van der Waals surface area (Å²) in [5.74, 6) is 0.970. The van der Waals surface area contributed by atoms with Crippen molar-refractivity contribution < 1.29 is 9.53 Å². The molecule has 0 radical (unpaired) electrons. The Bertz CT molecular complexity index is 657. The van der Waals surface area contributed by atoms with E-state index in [2.05, 4.69) is 21.8 Å². The van der Waals surface area contributed by atoms with Gasteiger partial charge in [0.15, 0.2) is 0 Å². The number of carbonyl (C=O) groups excluding carboxylic acids is 1. The molecule has 0 aliphatic carbocycles. The number of carbonyl (C=O) groups is 1. The quantitative estimate of drug-likeness (QED) is 0.936. The van der Waals surface area contributed by atoms with Crippen molar-refractivity contribution in [3.05, 3.63) is 29.6 Å². The van der Waals surface area contributed by atoms with E-state index in [0.717, 1.165) is 42.7 Å². The van der Waals surface area contributed by atoms with Gasteiger partial charge in [-0.2, -0.15) is 0 Å². The number of benzene rings is 1. The van der Waals surface area contributed by atoms with Gasteiger partial charge in [0, 0.05) is 32.2 Å². The highest BCUT2D eigenvalue weighted by molar-refractivity contribution is 5.97. The van der Waals surface area contributed by atoms with Crippen LogP contribution in [0.2, 0.25) is 0 Å². The summed E-state index contributed by atoms with van der Waals surface area (Å²) in [5.41, 5.74) is 2.59. The summed E-state index contributed by atoms with van der Waals surface area (Å²) in [4.78, 5) is 16.8. The number of rotatable bonds is 4. The molecule has 1 fully saturated rings. The van der Waals surface area contributed by atoms with E-state index in [4.69, 9.17) is 4.74 Å². The normalized spacial score (nSPS) is 18.3. The van der Waals surface area contributed by atoms with Gasteiger partial charge in [0.25, 0.3) is 5.91 Å². The maximum absolute atomic E-state index is 12.2. The van der Waals surface area contributed by atoms with Crippen LogP contribution >= 0.6 is 0 Å². The predicted octanol–water partition coefficient (Wildman–Crippen LogP) is 2.04. The molecule has 0 bridgehead atoms. The second-order valence-corrected chi connectivity index (χ2v) is 5.49. The molecule has 3 rings (SSSR count). The van der Waals surface area contributed by atoms with Gasteiger partial charge in [0.1, 0.15) is 5.82 Å². The summed E-state index contributed by atoms with van der Waals surface area (Å²) in [6, 6.07) is 5.68. The summed E-state index contributed by atoms with van der Waals surface area (Å²) in [6.45, 7) is 3.47. The van der Waals surface area contributed by atoms with Crippen molar-refractivity contribution in [2.45, 2.75) is 32.3 Å². The van der Waals surface area contributed by atoms with Gasteiger partial charge in [-0.3, -0.25) is 4.79 Å². The Hall–Kier alpha value is -1.88. The first kappa shape index (κ1) is 14.1. The van der Waals surface area contributed by atoms with Crippen LogP contribution < -0.4 is 5.32 Å². The lowest BCUT2D eigenvalue weighted by Gasteiger charge is -2.10. The lowest BCUT2D eigenvalue weighted by atomic mass is 10.1. The number of aromatic nitrogens is 2. The molecule has 1 unspecified atom stereocenters. The van der Waals surface area contributed by atoms with Gasteiger partial charge in [-0.05, 0) is 31.0 Å². The number of ether oxygens (including phenoxy) is 1. The van der Waals surface area contributed by atoms with E-state index in [1.54, 1.807) is 0 Å². The maximum atomic E-state index is 12.2. The van der Waals surface area contributed by atoms with E-state index in [0.29, 0.717) is 12.1 Å². The van der Waals surface area contributed by atoms with Gasteiger partial charge in [-0.1, -0.05) is 6.92 Å². The van der Waals surface area contributed by atoms with Crippen LogP contribution in [0.3, 0.4) is 0 Å². The molecule has 1 amide bonds. The number of imidazole rings is 1. The fourth-order valence-corrected chi connectivity index (χ4v) is 2.82. The lowest BCUT2D eigenvalue weighted by Crippen LogP contribution is -2.31. The Morgan fingerprint density at radius 3 is 3.10 bits per heavy atom. The molecule has 0 saturated carbocycles. The van der Waals surface area contributed by atoms with Gasteiger partial charge >= 0.3 is 0 Å². The standard InChI is InChI=1S/C16H21N3O2/c1-3-15-18-13-9-11(6-7-14(13)19(15)2)16(20)17-10-12-5-4-8-21-12/h6-7,9,12H,3-5,8,10H2,1-2H3,(H,17,20). The number of hydrogen-bond donors (Lipinski definition) is 1. The average molecular weight is 287 g/mol. The SMILES string of the molecule is CCc1nc2cc(C(=O)NCC3CCCO3)ccc2n1C. The Kier molecular flexibility index (Phi) is 3.92. The van der Waals surface area contributed by atoms with Crippen LogP contribution in [0.1, 0.15) is 35.9 Å². The zero-order chi connectivity index (χ0) is 14.8. The fourth-order valence-electron chi connectivity index (χ4n) is 2.82. The Labute approximate surface area is 124 Å². The Morgan fingerprint density at radius 1 is 1.52 bits per heavy atom. The highest BCUT2D eigenvalue weighted by atomic mass is 16.5. The minimum atomic E-state index is -0.0592. The molecule has 1 aromatic heterocycles. The van der Waals surface area contributed by atoms with Crippen molar-refractivity contribution >= 4 is 16.9 Å². The van der Waals surface area contributed by atoms with Crippen molar-refractivity contribution in [3.63, 3.8) is 0 Å². The van der Waals surface area contributed by atoms with Gasteiger partial charge < -0.3 is 14.6 Å². The zero-order valence-electron chi connectivity index (χ0n) is 12.6.